The van der Waals surface area contributed by atoms with E-state index in [9.17, 15) is 9.59 Å². The van der Waals surface area contributed by atoms with E-state index >= 15 is 0 Å². The first-order chi connectivity index (χ1) is 14.9. The van der Waals surface area contributed by atoms with Gasteiger partial charge in [0.05, 0.1) is 17.7 Å². The Morgan fingerprint density at radius 2 is 1.94 bits per heavy atom. The van der Waals surface area contributed by atoms with Crippen LogP contribution in [0.1, 0.15) is 24.5 Å². The summed E-state index contributed by atoms with van der Waals surface area (Å²) in [6, 6.07) is 17.0. The van der Waals surface area contributed by atoms with Crippen molar-refractivity contribution < 1.29 is 9.59 Å². The van der Waals surface area contributed by atoms with Crippen LogP contribution in [0.2, 0.25) is 0 Å². The molecule has 1 atom stereocenters. The predicted molar refractivity (Wildman–Crippen MR) is 122 cm³/mol. The summed E-state index contributed by atoms with van der Waals surface area (Å²) in [5, 5.41) is 2.98. The molecule has 7 nitrogen and oxygen atoms in total. The van der Waals surface area contributed by atoms with Gasteiger partial charge in [0.2, 0.25) is 5.91 Å². The van der Waals surface area contributed by atoms with E-state index < -0.39 is 5.54 Å². The molecule has 0 bridgehead atoms. The molecular weight excluding hydrogens is 390 g/mol. The zero-order chi connectivity index (χ0) is 22.0. The summed E-state index contributed by atoms with van der Waals surface area (Å²) in [5.74, 6) is 0.0908. The van der Waals surface area contributed by atoms with Crippen molar-refractivity contribution >= 4 is 29.3 Å². The summed E-state index contributed by atoms with van der Waals surface area (Å²) in [6.45, 7) is 2.35. The number of carbonyl (C=O) groups excluding carboxylic acids is 2. The van der Waals surface area contributed by atoms with Crippen molar-refractivity contribution in [3.63, 3.8) is 0 Å². The molecule has 0 radical (unpaired) electrons. The third kappa shape index (κ3) is 4.07. The summed E-state index contributed by atoms with van der Waals surface area (Å²) < 4.78 is 0. The summed E-state index contributed by atoms with van der Waals surface area (Å²) >= 11 is 0. The van der Waals surface area contributed by atoms with Gasteiger partial charge < -0.3 is 11.1 Å². The van der Waals surface area contributed by atoms with Gasteiger partial charge in [-0.2, -0.15) is 0 Å². The van der Waals surface area contributed by atoms with E-state index in [0.717, 1.165) is 16.8 Å². The Labute approximate surface area is 181 Å². The van der Waals surface area contributed by atoms with Crippen molar-refractivity contribution in [1.82, 2.24) is 9.80 Å². The first-order valence-corrected chi connectivity index (χ1v) is 10.1. The van der Waals surface area contributed by atoms with Crippen molar-refractivity contribution in [1.29, 1.82) is 0 Å². The fraction of sp³-hybridized carbons (Fsp3) is 0.208. The van der Waals surface area contributed by atoms with E-state index in [1.54, 1.807) is 11.9 Å². The Morgan fingerprint density at radius 3 is 2.68 bits per heavy atom. The number of nitrogens with one attached hydrogen (secondary N) is 1. The molecule has 2 aliphatic heterocycles. The lowest BCUT2D eigenvalue weighted by Crippen LogP contribution is -2.47. The lowest BCUT2D eigenvalue weighted by Gasteiger charge is -2.34. The highest BCUT2D eigenvalue weighted by Gasteiger charge is 2.36. The second-order valence-corrected chi connectivity index (χ2v) is 7.84. The highest BCUT2D eigenvalue weighted by molar-refractivity contribution is 5.99. The van der Waals surface area contributed by atoms with Gasteiger partial charge in [0.1, 0.15) is 0 Å². The number of nitrogens with two attached hydrogens (primary N) is 1. The zero-order valence-electron chi connectivity index (χ0n) is 17.6. The normalized spacial score (nSPS) is 20.9. The van der Waals surface area contributed by atoms with Crippen LogP contribution in [0.5, 0.6) is 0 Å². The highest BCUT2D eigenvalue weighted by Crippen LogP contribution is 2.34. The first-order valence-electron chi connectivity index (χ1n) is 10.1. The van der Waals surface area contributed by atoms with Crippen LogP contribution in [-0.2, 0) is 10.3 Å². The van der Waals surface area contributed by atoms with Crippen LogP contribution in [0.15, 0.2) is 77.8 Å². The SMILES string of the molecule is CN1C(=O)C[C@@](C)(c2cccc(NC(=O)N3CC=CC=C3c3ccccc3)c2)N=C1N. The number of aliphatic imine (C=N–C) groups is 1. The Balaban J connectivity index is 1.57. The quantitative estimate of drug-likeness (QED) is 0.804. The Hall–Kier alpha value is -3.87. The Morgan fingerprint density at radius 1 is 1.16 bits per heavy atom. The molecule has 0 aromatic heterocycles. The third-order valence-corrected chi connectivity index (χ3v) is 5.59. The molecule has 158 valence electrons. The van der Waals surface area contributed by atoms with Crippen LogP contribution in [0.25, 0.3) is 5.70 Å². The lowest BCUT2D eigenvalue weighted by atomic mass is 9.87. The number of guanidine groups is 1. The van der Waals surface area contributed by atoms with Crippen molar-refractivity contribution in [2.24, 2.45) is 10.7 Å². The average Bonchev–Trinajstić information content (AvgIpc) is 2.78. The fourth-order valence-corrected chi connectivity index (χ4v) is 3.76. The van der Waals surface area contributed by atoms with Crippen molar-refractivity contribution in [2.45, 2.75) is 18.9 Å². The molecule has 3 amide bonds. The van der Waals surface area contributed by atoms with E-state index in [4.69, 9.17) is 5.73 Å². The molecule has 4 rings (SSSR count). The molecule has 0 saturated heterocycles. The van der Waals surface area contributed by atoms with Gasteiger partial charge in [0.25, 0.3) is 0 Å². The second-order valence-electron chi connectivity index (χ2n) is 7.84. The molecule has 2 heterocycles. The highest BCUT2D eigenvalue weighted by atomic mass is 16.2. The Kier molecular flexibility index (Phi) is 5.33. The third-order valence-electron chi connectivity index (χ3n) is 5.59. The smallest absolute Gasteiger partial charge is 0.326 e. The van der Waals surface area contributed by atoms with Crippen LogP contribution >= 0.6 is 0 Å². The molecule has 0 aliphatic carbocycles. The topological polar surface area (TPSA) is 91.0 Å². The first kappa shape index (κ1) is 20.4. The van der Waals surface area contributed by atoms with Gasteiger partial charge in [-0.05, 0) is 36.3 Å². The number of nitrogens with zero attached hydrogens (tertiary/aromatic N) is 3. The van der Waals surface area contributed by atoms with Gasteiger partial charge in [0, 0.05) is 19.3 Å². The summed E-state index contributed by atoms with van der Waals surface area (Å²) in [4.78, 5) is 33.0. The van der Waals surface area contributed by atoms with Crippen LogP contribution in [0.4, 0.5) is 10.5 Å². The van der Waals surface area contributed by atoms with Gasteiger partial charge in [-0.1, -0.05) is 54.6 Å². The predicted octanol–water partition coefficient (Wildman–Crippen LogP) is 3.52. The molecule has 3 N–H and O–H groups in total. The minimum Gasteiger partial charge on any atom is -0.369 e. The second kappa shape index (κ2) is 8.10. The minimum atomic E-state index is -0.780. The molecule has 7 heteroatoms. The molecular formula is C24H25N5O2. The van der Waals surface area contributed by atoms with Crippen molar-refractivity contribution in [3.8, 4) is 0 Å². The maximum Gasteiger partial charge on any atom is 0.326 e. The van der Waals surface area contributed by atoms with Crippen LogP contribution in [-0.4, -0.2) is 41.3 Å². The number of urea groups is 1. The van der Waals surface area contributed by atoms with E-state index in [1.165, 1.54) is 4.90 Å². The number of benzene rings is 2. The fourth-order valence-electron chi connectivity index (χ4n) is 3.76. The molecule has 2 aromatic rings. The number of carbonyl (C=O) groups is 2. The van der Waals surface area contributed by atoms with E-state index in [0.29, 0.717) is 12.2 Å². The number of amides is 3. The van der Waals surface area contributed by atoms with Gasteiger partial charge in [-0.25, -0.2) is 9.79 Å². The summed E-state index contributed by atoms with van der Waals surface area (Å²) in [5.41, 5.74) is 8.40. The van der Waals surface area contributed by atoms with Gasteiger partial charge in [0.15, 0.2) is 5.96 Å². The van der Waals surface area contributed by atoms with E-state index in [1.807, 2.05) is 79.7 Å². The molecule has 0 saturated carbocycles. The number of allylic oxidation sites excluding steroid dienone is 2. The van der Waals surface area contributed by atoms with Crippen LogP contribution in [0.3, 0.4) is 0 Å². The number of hydrogen-bond donors (Lipinski definition) is 2. The maximum absolute atomic E-state index is 13.1. The van der Waals surface area contributed by atoms with E-state index in [2.05, 4.69) is 10.3 Å². The largest absolute Gasteiger partial charge is 0.369 e. The van der Waals surface area contributed by atoms with Crippen molar-refractivity contribution in [3.05, 3.63) is 84.0 Å². The molecule has 2 aromatic carbocycles. The lowest BCUT2D eigenvalue weighted by molar-refractivity contribution is -0.128. The van der Waals surface area contributed by atoms with Crippen molar-refractivity contribution in [2.75, 3.05) is 18.9 Å². The van der Waals surface area contributed by atoms with Gasteiger partial charge >= 0.3 is 6.03 Å². The zero-order valence-corrected chi connectivity index (χ0v) is 17.6. The summed E-state index contributed by atoms with van der Waals surface area (Å²) in [6.07, 6.45) is 6.02. The minimum absolute atomic E-state index is 0.0952. The molecule has 0 unspecified atom stereocenters. The average molecular weight is 415 g/mol. The van der Waals surface area contributed by atoms with Crippen LogP contribution < -0.4 is 11.1 Å². The summed E-state index contributed by atoms with van der Waals surface area (Å²) in [7, 11) is 1.61. The molecule has 0 fully saturated rings. The number of hydrogen-bond acceptors (Lipinski definition) is 4. The van der Waals surface area contributed by atoms with Crippen LogP contribution in [0, 0.1) is 0 Å². The van der Waals surface area contributed by atoms with Gasteiger partial charge in [-0.3, -0.25) is 14.6 Å². The Bertz CT molecular complexity index is 1110. The molecule has 31 heavy (non-hydrogen) atoms. The monoisotopic (exact) mass is 415 g/mol. The standard InChI is InChI=1S/C24H25N5O2/c1-24(16-21(30)28(2)22(25)27-24)18-11-8-12-19(15-18)26-23(31)29-14-7-6-13-20(29)17-9-4-3-5-10-17/h3-13,15H,14,16H2,1-2H3,(H2,25,27)(H,26,31)/t24-/m0/s1. The maximum atomic E-state index is 13.1. The number of anilines is 1. The van der Waals surface area contributed by atoms with Gasteiger partial charge in [-0.15, -0.1) is 0 Å². The molecule has 0 spiro atoms. The van der Waals surface area contributed by atoms with E-state index in [-0.39, 0.29) is 24.3 Å². The molecule has 2 aliphatic rings. The number of rotatable bonds is 3.